The molecule has 1 N–H and O–H groups in total. The smallest absolute Gasteiger partial charge is 0.0946 e. The van der Waals surface area contributed by atoms with E-state index in [9.17, 15) is 0 Å². The van der Waals surface area contributed by atoms with Crippen molar-refractivity contribution in [2.75, 3.05) is 6.61 Å². The van der Waals surface area contributed by atoms with Crippen molar-refractivity contribution in [2.45, 2.75) is 34.6 Å². The van der Waals surface area contributed by atoms with E-state index in [2.05, 4.69) is 0 Å². The predicted molar refractivity (Wildman–Crippen MR) is 50.1 cm³/mol. The van der Waals surface area contributed by atoms with Crippen LogP contribution in [0.1, 0.15) is 34.6 Å². The van der Waals surface area contributed by atoms with Crippen molar-refractivity contribution in [3.05, 3.63) is 11.8 Å². The summed E-state index contributed by atoms with van der Waals surface area (Å²) in [5.74, 6) is 0.810. The molecule has 2 nitrogen and oxygen atoms in total. The molecule has 0 aliphatic carbocycles. The average molecular weight is 157 g/mol. The maximum atomic E-state index is 7.05. The Kier molecular flexibility index (Phi) is 10.8. The van der Waals surface area contributed by atoms with E-state index in [4.69, 9.17) is 10.1 Å². The molecule has 0 aliphatic rings. The van der Waals surface area contributed by atoms with Gasteiger partial charge in [0.15, 0.2) is 0 Å². The van der Waals surface area contributed by atoms with Crippen molar-refractivity contribution in [2.24, 2.45) is 0 Å². The summed E-state index contributed by atoms with van der Waals surface area (Å²) in [5.41, 5.74) is 0.529. The van der Waals surface area contributed by atoms with E-state index in [0.29, 0.717) is 12.3 Å². The van der Waals surface area contributed by atoms with E-state index < -0.39 is 0 Å². The first-order chi connectivity index (χ1) is 5.16. The second-order valence-electron chi connectivity index (χ2n) is 1.87. The largest absolute Gasteiger partial charge is 0.498 e. The fourth-order valence-electron chi connectivity index (χ4n) is 0.574. The lowest BCUT2D eigenvalue weighted by atomic mass is 10.3. The molecule has 0 fully saturated rings. The van der Waals surface area contributed by atoms with Gasteiger partial charge in [-0.1, -0.05) is 13.8 Å². The number of hydrogen-bond acceptors (Lipinski definition) is 2. The molecule has 0 saturated heterocycles. The molecule has 0 rings (SSSR count). The Morgan fingerprint density at radius 1 is 1.36 bits per heavy atom. The van der Waals surface area contributed by atoms with E-state index in [0.717, 1.165) is 5.76 Å². The molecule has 0 radical (unpaired) electrons. The standard InChI is InChI=1S/C7H13NO.C2H6/c1-4-9-7(3)5-6(2)8;1-2/h5,8H,4H2,1-3H3;1-2H3/b7-5+,8-6?;. The molecule has 0 heterocycles. The Hall–Kier alpha value is -0.790. The molecule has 0 bridgehead atoms. The molecule has 0 aliphatic heterocycles. The summed E-state index contributed by atoms with van der Waals surface area (Å²) in [6, 6.07) is 0. The minimum Gasteiger partial charge on any atom is -0.498 e. The van der Waals surface area contributed by atoms with Gasteiger partial charge >= 0.3 is 0 Å². The summed E-state index contributed by atoms with van der Waals surface area (Å²) in [6.45, 7) is 10.2. The van der Waals surface area contributed by atoms with Crippen LogP contribution in [0.15, 0.2) is 11.8 Å². The number of ether oxygens (including phenoxy) is 1. The van der Waals surface area contributed by atoms with Gasteiger partial charge in [-0.15, -0.1) is 0 Å². The fraction of sp³-hybridized carbons (Fsp3) is 0.667. The molecule has 0 amide bonds. The van der Waals surface area contributed by atoms with Crippen molar-refractivity contribution >= 4 is 5.71 Å². The van der Waals surface area contributed by atoms with E-state index in [1.807, 2.05) is 27.7 Å². The van der Waals surface area contributed by atoms with Crippen molar-refractivity contribution < 1.29 is 4.74 Å². The zero-order valence-electron chi connectivity index (χ0n) is 8.19. The van der Waals surface area contributed by atoms with Crippen LogP contribution in [0.4, 0.5) is 0 Å². The molecule has 0 aromatic rings. The third kappa shape index (κ3) is 12.4. The van der Waals surface area contributed by atoms with Gasteiger partial charge in [0.25, 0.3) is 0 Å². The minimum absolute atomic E-state index is 0.529. The molecular weight excluding hydrogens is 138 g/mol. The van der Waals surface area contributed by atoms with Gasteiger partial charge in [-0.05, 0) is 26.8 Å². The van der Waals surface area contributed by atoms with Crippen LogP contribution >= 0.6 is 0 Å². The highest BCUT2D eigenvalue weighted by Gasteiger charge is 1.85. The van der Waals surface area contributed by atoms with Gasteiger partial charge in [0.05, 0.1) is 12.4 Å². The van der Waals surface area contributed by atoms with Crippen LogP contribution in [0.3, 0.4) is 0 Å². The zero-order chi connectivity index (χ0) is 9.28. The van der Waals surface area contributed by atoms with Crippen molar-refractivity contribution in [1.82, 2.24) is 0 Å². The van der Waals surface area contributed by atoms with Gasteiger partial charge in [-0.3, -0.25) is 0 Å². The fourth-order valence-corrected chi connectivity index (χ4v) is 0.574. The average Bonchev–Trinajstić information content (AvgIpc) is 1.91. The van der Waals surface area contributed by atoms with Crippen LogP contribution in [0, 0.1) is 5.41 Å². The number of hydrogen-bond donors (Lipinski definition) is 1. The lowest BCUT2D eigenvalue weighted by molar-refractivity contribution is 0.232. The lowest BCUT2D eigenvalue weighted by Crippen LogP contribution is -1.89. The molecule has 0 spiro atoms. The second-order valence-corrected chi connectivity index (χ2v) is 1.87. The van der Waals surface area contributed by atoms with Gasteiger partial charge in [0, 0.05) is 5.71 Å². The lowest BCUT2D eigenvalue weighted by Gasteiger charge is -1.99. The third-order valence-electron chi connectivity index (χ3n) is 0.792. The highest BCUT2D eigenvalue weighted by atomic mass is 16.5. The van der Waals surface area contributed by atoms with E-state index in [1.165, 1.54) is 0 Å². The highest BCUT2D eigenvalue weighted by Crippen LogP contribution is 1.93. The van der Waals surface area contributed by atoms with Gasteiger partial charge in [-0.25, -0.2) is 0 Å². The van der Waals surface area contributed by atoms with Crippen LogP contribution in [0.5, 0.6) is 0 Å². The van der Waals surface area contributed by atoms with Crippen molar-refractivity contribution in [3.63, 3.8) is 0 Å². The number of rotatable bonds is 3. The van der Waals surface area contributed by atoms with E-state index >= 15 is 0 Å². The molecule has 2 heteroatoms. The van der Waals surface area contributed by atoms with E-state index in [-0.39, 0.29) is 0 Å². The highest BCUT2D eigenvalue weighted by molar-refractivity contribution is 5.90. The summed E-state index contributed by atoms with van der Waals surface area (Å²) < 4.78 is 5.07. The summed E-state index contributed by atoms with van der Waals surface area (Å²) in [6.07, 6.45) is 1.70. The molecule has 66 valence electrons. The third-order valence-corrected chi connectivity index (χ3v) is 0.792. The Morgan fingerprint density at radius 2 is 1.82 bits per heavy atom. The zero-order valence-corrected chi connectivity index (χ0v) is 8.19. The van der Waals surface area contributed by atoms with Crippen LogP contribution in [0.25, 0.3) is 0 Å². The normalized spacial score (nSPS) is 9.73. The maximum Gasteiger partial charge on any atom is 0.0946 e. The molecule has 0 unspecified atom stereocenters. The molecule has 11 heavy (non-hydrogen) atoms. The van der Waals surface area contributed by atoms with Gasteiger partial charge in [0.1, 0.15) is 0 Å². The Balaban J connectivity index is 0. The first-order valence-corrected chi connectivity index (χ1v) is 4.03. The Morgan fingerprint density at radius 3 is 2.09 bits per heavy atom. The monoisotopic (exact) mass is 157 g/mol. The first-order valence-electron chi connectivity index (χ1n) is 4.03. The molecule has 0 saturated carbocycles. The maximum absolute atomic E-state index is 7.05. The molecule has 0 atom stereocenters. The van der Waals surface area contributed by atoms with Crippen LogP contribution in [0.2, 0.25) is 0 Å². The minimum atomic E-state index is 0.529. The first kappa shape index (κ1) is 12.8. The van der Waals surface area contributed by atoms with Crippen LogP contribution in [-0.4, -0.2) is 12.3 Å². The number of allylic oxidation sites excluding steroid dienone is 2. The summed E-state index contributed by atoms with van der Waals surface area (Å²) in [5, 5.41) is 7.05. The molecular formula is C9H19NO. The Bertz CT molecular complexity index is 128. The topological polar surface area (TPSA) is 33.1 Å². The summed E-state index contributed by atoms with van der Waals surface area (Å²) in [7, 11) is 0. The molecule has 0 aromatic heterocycles. The van der Waals surface area contributed by atoms with Gasteiger partial charge in [0.2, 0.25) is 0 Å². The molecule has 0 aromatic carbocycles. The van der Waals surface area contributed by atoms with Crippen LogP contribution < -0.4 is 0 Å². The quantitative estimate of drug-likeness (QED) is 0.496. The SMILES string of the molecule is CC.CCO/C(C)=C/C(C)=N. The summed E-state index contributed by atoms with van der Waals surface area (Å²) in [4.78, 5) is 0. The van der Waals surface area contributed by atoms with Crippen molar-refractivity contribution in [3.8, 4) is 0 Å². The van der Waals surface area contributed by atoms with Gasteiger partial charge in [-0.2, -0.15) is 0 Å². The van der Waals surface area contributed by atoms with Gasteiger partial charge < -0.3 is 10.1 Å². The van der Waals surface area contributed by atoms with E-state index in [1.54, 1.807) is 13.0 Å². The summed E-state index contributed by atoms with van der Waals surface area (Å²) >= 11 is 0. The van der Waals surface area contributed by atoms with Crippen molar-refractivity contribution in [1.29, 1.82) is 5.41 Å². The second kappa shape index (κ2) is 9.21. The Labute approximate surface area is 69.8 Å². The number of nitrogens with one attached hydrogen (secondary N) is 1. The predicted octanol–water partition coefficient (Wildman–Crippen LogP) is 2.99. The van der Waals surface area contributed by atoms with Crippen LogP contribution in [-0.2, 0) is 4.74 Å².